The number of carbonyl (C=O) groups excluding carboxylic acids is 1. The first-order valence-corrected chi connectivity index (χ1v) is 8.37. The van der Waals surface area contributed by atoms with E-state index in [2.05, 4.69) is 5.32 Å². The number of ether oxygens (including phenoxy) is 1. The second kappa shape index (κ2) is 21.9. The minimum atomic E-state index is -0.417. The number of nitrogens with one attached hydrogen (secondary N) is 1. The number of amides is 1. The molecule has 0 bridgehead atoms. The number of alkyl carbamates (subject to hydrolysis) is 1. The first kappa shape index (κ1) is 30.7. The standard InChI is InChI=1S/C7H15NO2.C6H5NO2.2C2H6.CH4O/c1-5-8-6(9)10-7(2,3)4;8-7(9)6-4-2-1-3-5-6;3*1-2/h5H2,1-4H3,(H,8,9);1-5H;2*1-2H3;2H,1H3. The Balaban J connectivity index is -0.000000136. The Morgan fingerprint density at radius 3 is 1.76 bits per heavy atom. The predicted molar refractivity (Wildman–Crippen MR) is 104 cm³/mol. The molecule has 0 aliphatic rings. The fourth-order valence-electron chi connectivity index (χ4n) is 1.01. The van der Waals surface area contributed by atoms with E-state index in [-0.39, 0.29) is 17.4 Å². The van der Waals surface area contributed by atoms with Crippen molar-refractivity contribution in [1.82, 2.24) is 5.32 Å². The van der Waals surface area contributed by atoms with Gasteiger partial charge in [-0.25, -0.2) is 4.79 Å². The van der Waals surface area contributed by atoms with E-state index >= 15 is 0 Å². The van der Waals surface area contributed by atoms with Crippen LogP contribution in [0.4, 0.5) is 10.5 Å². The highest BCUT2D eigenvalue weighted by molar-refractivity contribution is 5.67. The normalized spacial score (nSPS) is 8.24. The van der Waals surface area contributed by atoms with E-state index in [4.69, 9.17) is 9.84 Å². The number of nitro benzene ring substituents is 1. The largest absolute Gasteiger partial charge is 0.444 e. The Labute approximate surface area is 152 Å². The monoisotopic (exact) mass is 360 g/mol. The molecule has 1 amide bonds. The maximum Gasteiger partial charge on any atom is 0.407 e. The summed E-state index contributed by atoms with van der Waals surface area (Å²) in [5.41, 5.74) is -0.253. The summed E-state index contributed by atoms with van der Waals surface area (Å²) in [6, 6.07) is 7.93. The molecule has 7 nitrogen and oxygen atoms in total. The lowest BCUT2D eigenvalue weighted by molar-refractivity contribution is -0.384. The van der Waals surface area contributed by atoms with E-state index in [9.17, 15) is 14.9 Å². The zero-order valence-electron chi connectivity index (χ0n) is 17.1. The molecule has 0 aliphatic carbocycles. The zero-order chi connectivity index (χ0) is 20.9. The number of para-hydroxylation sites is 1. The van der Waals surface area contributed by atoms with Crippen molar-refractivity contribution in [2.24, 2.45) is 0 Å². The lowest BCUT2D eigenvalue weighted by Crippen LogP contribution is -2.32. The van der Waals surface area contributed by atoms with Crippen molar-refractivity contribution in [3.8, 4) is 0 Å². The van der Waals surface area contributed by atoms with E-state index in [0.29, 0.717) is 6.54 Å². The zero-order valence-corrected chi connectivity index (χ0v) is 17.1. The Bertz CT molecular complexity index is 404. The molecule has 0 aromatic heterocycles. The number of benzene rings is 1. The Morgan fingerprint density at radius 1 is 1.12 bits per heavy atom. The highest BCUT2D eigenvalue weighted by Gasteiger charge is 2.14. The molecule has 0 atom stereocenters. The lowest BCUT2D eigenvalue weighted by atomic mass is 10.2. The van der Waals surface area contributed by atoms with Gasteiger partial charge in [-0.05, 0) is 27.7 Å². The second-order valence-electron chi connectivity index (χ2n) is 4.62. The van der Waals surface area contributed by atoms with Gasteiger partial charge in [-0.2, -0.15) is 0 Å². The first-order valence-electron chi connectivity index (χ1n) is 8.37. The highest BCUT2D eigenvalue weighted by atomic mass is 16.6. The van der Waals surface area contributed by atoms with Gasteiger partial charge >= 0.3 is 6.09 Å². The predicted octanol–water partition coefficient (Wildman–Crippen LogP) is 4.79. The van der Waals surface area contributed by atoms with Gasteiger partial charge in [0, 0.05) is 25.8 Å². The van der Waals surface area contributed by atoms with Gasteiger partial charge in [0.2, 0.25) is 0 Å². The number of hydrogen-bond acceptors (Lipinski definition) is 5. The number of nitro groups is 1. The second-order valence-corrected chi connectivity index (χ2v) is 4.62. The molecular formula is C18H36N2O5. The number of nitrogens with zero attached hydrogens (tertiary/aromatic N) is 1. The molecule has 25 heavy (non-hydrogen) atoms. The third-order valence-electron chi connectivity index (χ3n) is 1.69. The van der Waals surface area contributed by atoms with Crippen LogP contribution < -0.4 is 5.32 Å². The molecule has 0 spiro atoms. The summed E-state index contributed by atoms with van der Waals surface area (Å²) in [4.78, 5) is 20.3. The van der Waals surface area contributed by atoms with E-state index in [1.165, 1.54) is 12.1 Å². The van der Waals surface area contributed by atoms with Crippen molar-refractivity contribution < 1.29 is 19.6 Å². The molecule has 0 aliphatic heterocycles. The molecule has 0 unspecified atom stereocenters. The topological polar surface area (TPSA) is 102 Å². The SMILES string of the molecule is CC.CC.CCNC(=O)OC(C)(C)C.CO.O=[N+]([O-])c1ccccc1. The maximum absolute atomic E-state index is 10.7. The molecule has 0 radical (unpaired) electrons. The van der Waals surface area contributed by atoms with Gasteiger partial charge in [-0.1, -0.05) is 45.9 Å². The van der Waals surface area contributed by atoms with Gasteiger partial charge in [0.1, 0.15) is 5.60 Å². The molecular weight excluding hydrogens is 324 g/mol. The minimum absolute atomic E-state index is 0.137. The molecule has 148 valence electrons. The fraction of sp³-hybridized carbons (Fsp3) is 0.611. The maximum atomic E-state index is 10.7. The average Bonchev–Trinajstić information content (AvgIpc) is 2.60. The van der Waals surface area contributed by atoms with Gasteiger partial charge in [0.15, 0.2) is 0 Å². The smallest absolute Gasteiger partial charge is 0.407 e. The van der Waals surface area contributed by atoms with E-state index in [0.717, 1.165) is 7.11 Å². The summed E-state index contributed by atoms with van der Waals surface area (Å²) in [6.07, 6.45) is -0.352. The van der Waals surface area contributed by atoms with Crippen molar-refractivity contribution in [1.29, 1.82) is 0 Å². The van der Waals surface area contributed by atoms with Crippen molar-refractivity contribution in [2.45, 2.75) is 61.0 Å². The van der Waals surface area contributed by atoms with Crippen LogP contribution in [0.15, 0.2) is 30.3 Å². The third kappa shape index (κ3) is 27.0. The number of hydrogen-bond donors (Lipinski definition) is 2. The summed E-state index contributed by atoms with van der Waals surface area (Å²) >= 11 is 0. The van der Waals surface area contributed by atoms with Crippen LogP contribution in [0.5, 0.6) is 0 Å². The third-order valence-corrected chi connectivity index (χ3v) is 1.69. The Hall–Kier alpha value is -2.15. The molecule has 0 fully saturated rings. The molecule has 1 rings (SSSR count). The van der Waals surface area contributed by atoms with Gasteiger partial charge < -0.3 is 15.2 Å². The van der Waals surface area contributed by atoms with Crippen LogP contribution in [0, 0.1) is 10.1 Å². The van der Waals surface area contributed by atoms with Gasteiger partial charge in [0.25, 0.3) is 5.69 Å². The van der Waals surface area contributed by atoms with Gasteiger partial charge in [-0.15, -0.1) is 0 Å². The van der Waals surface area contributed by atoms with Crippen molar-refractivity contribution in [3.05, 3.63) is 40.4 Å². The van der Waals surface area contributed by atoms with Crippen LogP contribution in [-0.4, -0.2) is 35.4 Å². The fourth-order valence-corrected chi connectivity index (χ4v) is 1.01. The first-order chi connectivity index (χ1) is 11.8. The van der Waals surface area contributed by atoms with Crippen LogP contribution in [0.1, 0.15) is 55.4 Å². The number of non-ortho nitro benzene ring substituents is 1. The van der Waals surface area contributed by atoms with E-state index < -0.39 is 4.92 Å². The number of aliphatic hydroxyl groups excluding tert-OH is 1. The highest BCUT2D eigenvalue weighted by Crippen LogP contribution is 2.07. The number of carbonyl (C=O) groups is 1. The van der Waals surface area contributed by atoms with Crippen molar-refractivity contribution in [3.63, 3.8) is 0 Å². The van der Waals surface area contributed by atoms with Gasteiger partial charge in [-0.3, -0.25) is 10.1 Å². The summed E-state index contributed by atoms with van der Waals surface area (Å²) in [7, 11) is 1.00. The molecule has 7 heteroatoms. The molecule has 1 aromatic carbocycles. The van der Waals surface area contributed by atoms with Crippen molar-refractivity contribution >= 4 is 11.8 Å². The van der Waals surface area contributed by atoms with Crippen LogP contribution >= 0.6 is 0 Å². The molecule has 0 saturated carbocycles. The molecule has 0 heterocycles. The summed E-state index contributed by atoms with van der Waals surface area (Å²) in [5, 5.41) is 19.5. The summed E-state index contributed by atoms with van der Waals surface area (Å²) < 4.78 is 4.93. The Kier molecular flexibility index (Phi) is 26.8. The Morgan fingerprint density at radius 2 is 1.52 bits per heavy atom. The minimum Gasteiger partial charge on any atom is -0.444 e. The molecule has 1 aromatic rings. The van der Waals surface area contributed by atoms with E-state index in [1.54, 1.807) is 18.2 Å². The molecule has 2 N–H and O–H groups in total. The van der Waals surface area contributed by atoms with E-state index in [1.807, 2.05) is 55.4 Å². The van der Waals surface area contributed by atoms with Crippen LogP contribution in [0.3, 0.4) is 0 Å². The van der Waals surface area contributed by atoms with Gasteiger partial charge in [0.05, 0.1) is 4.92 Å². The van der Waals surface area contributed by atoms with Crippen LogP contribution in [0.25, 0.3) is 0 Å². The number of rotatable bonds is 2. The van der Waals surface area contributed by atoms with Crippen molar-refractivity contribution in [2.75, 3.05) is 13.7 Å². The molecule has 0 saturated heterocycles. The number of aliphatic hydroxyl groups is 1. The summed E-state index contributed by atoms with van der Waals surface area (Å²) in [5.74, 6) is 0. The average molecular weight is 360 g/mol. The quantitative estimate of drug-likeness (QED) is 0.583. The lowest BCUT2D eigenvalue weighted by Gasteiger charge is -2.19. The van der Waals surface area contributed by atoms with Crippen LogP contribution in [0.2, 0.25) is 0 Å². The summed E-state index contributed by atoms with van der Waals surface area (Å²) in [6.45, 7) is 16.0. The van der Waals surface area contributed by atoms with Crippen LogP contribution in [-0.2, 0) is 4.74 Å².